The van der Waals surface area contributed by atoms with Crippen LogP contribution in [0.2, 0.25) is 0 Å². The second-order valence-electron chi connectivity index (χ2n) is 7.58. The molecule has 2 aliphatic heterocycles. The number of amides is 1. The molecule has 2 heterocycles. The zero-order chi connectivity index (χ0) is 21.0. The highest BCUT2D eigenvalue weighted by atomic mass is 32.2. The third kappa shape index (κ3) is 4.76. The van der Waals surface area contributed by atoms with E-state index in [9.17, 15) is 13.2 Å². The average Bonchev–Trinajstić information content (AvgIpc) is 3.03. The van der Waals surface area contributed by atoms with Gasteiger partial charge in [-0.05, 0) is 49.1 Å². The van der Waals surface area contributed by atoms with E-state index in [4.69, 9.17) is 9.47 Å². The Labute approximate surface area is 177 Å². The van der Waals surface area contributed by atoms with Gasteiger partial charge in [0.2, 0.25) is 22.7 Å². The largest absolute Gasteiger partial charge is 0.454 e. The number of rotatable bonds is 6. The first-order chi connectivity index (χ1) is 14.5. The highest BCUT2D eigenvalue weighted by molar-refractivity contribution is 7.89. The molecule has 0 radical (unpaired) electrons. The van der Waals surface area contributed by atoms with E-state index >= 15 is 0 Å². The zero-order valence-electron chi connectivity index (χ0n) is 16.8. The number of hydrogen-bond donors (Lipinski definition) is 1. The van der Waals surface area contributed by atoms with Gasteiger partial charge in [-0.1, -0.05) is 25.0 Å². The highest BCUT2D eigenvalue weighted by Gasteiger charge is 2.25. The summed E-state index contributed by atoms with van der Waals surface area (Å²) >= 11 is 0. The van der Waals surface area contributed by atoms with Crippen molar-refractivity contribution in [1.82, 2.24) is 4.31 Å². The monoisotopic (exact) mass is 430 g/mol. The van der Waals surface area contributed by atoms with Crippen LogP contribution < -0.4 is 14.8 Å². The fourth-order valence-electron chi connectivity index (χ4n) is 3.71. The molecule has 4 rings (SSSR count). The lowest BCUT2D eigenvalue weighted by atomic mass is 10.1. The molecule has 30 heavy (non-hydrogen) atoms. The first kappa shape index (κ1) is 20.7. The molecule has 0 spiro atoms. The predicted molar refractivity (Wildman–Crippen MR) is 113 cm³/mol. The maximum atomic E-state index is 12.8. The molecular formula is C22H26N2O5S. The van der Waals surface area contributed by atoms with Crippen LogP contribution in [0.3, 0.4) is 0 Å². The first-order valence-corrected chi connectivity index (χ1v) is 11.7. The number of fused-ring (bicyclic) bond motifs is 1. The molecule has 1 saturated heterocycles. The van der Waals surface area contributed by atoms with Crippen LogP contribution in [0, 0.1) is 0 Å². The Balaban J connectivity index is 1.32. The second-order valence-corrected chi connectivity index (χ2v) is 9.52. The van der Waals surface area contributed by atoms with Gasteiger partial charge in [0, 0.05) is 31.3 Å². The van der Waals surface area contributed by atoms with Crippen LogP contribution in [0.25, 0.3) is 0 Å². The van der Waals surface area contributed by atoms with Crippen molar-refractivity contribution in [3.8, 4) is 11.5 Å². The Bertz CT molecular complexity index is 997. The first-order valence-electron chi connectivity index (χ1n) is 10.3. The molecule has 0 aliphatic carbocycles. The molecule has 1 amide bonds. The summed E-state index contributed by atoms with van der Waals surface area (Å²) in [4.78, 5) is 12.6. The number of hydrogen-bond acceptors (Lipinski definition) is 5. The van der Waals surface area contributed by atoms with Crippen molar-refractivity contribution >= 4 is 21.6 Å². The summed E-state index contributed by atoms with van der Waals surface area (Å²) in [5, 5.41) is 2.85. The molecule has 1 N–H and O–H groups in total. The van der Waals surface area contributed by atoms with Crippen molar-refractivity contribution in [3.05, 3.63) is 48.0 Å². The minimum atomic E-state index is -3.45. The topological polar surface area (TPSA) is 84.9 Å². The zero-order valence-corrected chi connectivity index (χ0v) is 17.6. The van der Waals surface area contributed by atoms with Gasteiger partial charge < -0.3 is 14.8 Å². The normalized spacial score (nSPS) is 16.8. The number of sulfonamides is 1. The standard InChI is InChI=1S/C22H26N2O5S/c25-22(23-18-8-11-20-21(15-18)29-16-28-20)12-7-17-5-9-19(10-6-17)30(26,27)24-13-3-1-2-4-14-24/h5-6,8-11,15H,1-4,7,12-14,16H2,(H,23,25). The van der Waals surface area contributed by atoms with Crippen molar-refractivity contribution in [2.24, 2.45) is 0 Å². The van der Waals surface area contributed by atoms with E-state index in [1.54, 1.807) is 46.8 Å². The quantitative estimate of drug-likeness (QED) is 0.758. The Morgan fingerprint density at radius 2 is 1.63 bits per heavy atom. The van der Waals surface area contributed by atoms with E-state index < -0.39 is 10.0 Å². The fraction of sp³-hybridized carbons (Fsp3) is 0.409. The van der Waals surface area contributed by atoms with Crippen LogP contribution in [-0.4, -0.2) is 38.5 Å². The maximum absolute atomic E-state index is 12.8. The molecule has 8 heteroatoms. The second kappa shape index (κ2) is 9.06. The van der Waals surface area contributed by atoms with Crippen molar-refractivity contribution in [2.75, 3.05) is 25.2 Å². The third-order valence-corrected chi connectivity index (χ3v) is 7.34. The number of nitrogens with zero attached hydrogens (tertiary/aromatic N) is 1. The number of benzene rings is 2. The predicted octanol–water partition coefficient (Wildman–Crippen LogP) is 3.55. The molecule has 0 saturated carbocycles. The maximum Gasteiger partial charge on any atom is 0.243 e. The van der Waals surface area contributed by atoms with Gasteiger partial charge >= 0.3 is 0 Å². The van der Waals surface area contributed by atoms with Crippen LogP contribution in [0.1, 0.15) is 37.7 Å². The number of anilines is 1. The van der Waals surface area contributed by atoms with Crippen molar-refractivity contribution in [1.29, 1.82) is 0 Å². The van der Waals surface area contributed by atoms with Crippen molar-refractivity contribution in [2.45, 2.75) is 43.4 Å². The molecule has 7 nitrogen and oxygen atoms in total. The summed E-state index contributed by atoms with van der Waals surface area (Å²) in [5.41, 5.74) is 1.58. The Morgan fingerprint density at radius 1 is 0.933 bits per heavy atom. The number of carbonyl (C=O) groups is 1. The smallest absolute Gasteiger partial charge is 0.243 e. The Hall–Kier alpha value is -2.58. The van der Waals surface area contributed by atoms with Gasteiger partial charge in [0.1, 0.15) is 0 Å². The summed E-state index contributed by atoms with van der Waals surface area (Å²) < 4.78 is 37.9. The average molecular weight is 431 g/mol. The summed E-state index contributed by atoms with van der Waals surface area (Å²) in [5.74, 6) is 1.17. The molecule has 1 fully saturated rings. The van der Waals surface area contributed by atoms with E-state index in [0.29, 0.717) is 48.0 Å². The van der Waals surface area contributed by atoms with Crippen LogP contribution in [-0.2, 0) is 21.2 Å². The Morgan fingerprint density at radius 3 is 2.37 bits per heavy atom. The van der Waals surface area contributed by atoms with E-state index in [1.165, 1.54) is 0 Å². The van der Waals surface area contributed by atoms with Crippen LogP contribution >= 0.6 is 0 Å². The molecule has 0 aromatic heterocycles. The number of nitrogens with one attached hydrogen (secondary N) is 1. The molecule has 0 atom stereocenters. The van der Waals surface area contributed by atoms with Gasteiger partial charge in [-0.3, -0.25) is 4.79 Å². The van der Waals surface area contributed by atoms with Crippen LogP contribution in [0.4, 0.5) is 5.69 Å². The van der Waals surface area contributed by atoms with Crippen molar-refractivity contribution < 1.29 is 22.7 Å². The molecule has 2 aromatic carbocycles. The van der Waals surface area contributed by atoms with Gasteiger partial charge in [-0.15, -0.1) is 0 Å². The summed E-state index contributed by atoms with van der Waals surface area (Å²) in [7, 11) is -3.45. The van der Waals surface area contributed by atoms with Gasteiger partial charge in [-0.2, -0.15) is 4.31 Å². The molecule has 160 valence electrons. The summed E-state index contributed by atoms with van der Waals surface area (Å²) in [6.45, 7) is 1.37. The molecule has 0 bridgehead atoms. The minimum Gasteiger partial charge on any atom is -0.454 e. The lowest BCUT2D eigenvalue weighted by Crippen LogP contribution is -2.31. The van der Waals surface area contributed by atoms with Crippen LogP contribution in [0.5, 0.6) is 11.5 Å². The molecular weight excluding hydrogens is 404 g/mol. The number of aryl methyl sites for hydroxylation is 1. The third-order valence-electron chi connectivity index (χ3n) is 5.42. The summed E-state index contributed by atoms with van der Waals surface area (Å²) in [6, 6.07) is 12.1. The van der Waals surface area contributed by atoms with Gasteiger partial charge in [0.25, 0.3) is 0 Å². The van der Waals surface area contributed by atoms with Gasteiger partial charge in [-0.25, -0.2) is 8.42 Å². The number of ether oxygens (including phenoxy) is 2. The van der Waals surface area contributed by atoms with E-state index in [1.807, 2.05) is 0 Å². The SMILES string of the molecule is O=C(CCc1ccc(S(=O)(=O)N2CCCCCC2)cc1)Nc1ccc2c(c1)OCO2. The molecule has 0 unspecified atom stereocenters. The fourth-order valence-corrected chi connectivity index (χ4v) is 5.23. The van der Waals surface area contributed by atoms with E-state index in [0.717, 1.165) is 31.2 Å². The molecule has 2 aliphatic rings. The molecule has 2 aromatic rings. The van der Waals surface area contributed by atoms with Crippen molar-refractivity contribution in [3.63, 3.8) is 0 Å². The lowest BCUT2D eigenvalue weighted by molar-refractivity contribution is -0.116. The van der Waals surface area contributed by atoms with E-state index in [2.05, 4.69) is 5.32 Å². The van der Waals surface area contributed by atoms with Crippen LogP contribution in [0.15, 0.2) is 47.4 Å². The minimum absolute atomic E-state index is 0.116. The lowest BCUT2D eigenvalue weighted by Gasteiger charge is -2.20. The highest BCUT2D eigenvalue weighted by Crippen LogP contribution is 2.34. The van der Waals surface area contributed by atoms with Gasteiger partial charge in [0.05, 0.1) is 4.90 Å². The Kier molecular flexibility index (Phi) is 6.24. The number of carbonyl (C=O) groups excluding carboxylic acids is 1. The van der Waals surface area contributed by atoms with Gasteiger partial charge in [0.15, 0.2) is 11.5 Å². The van der Waals surface area contributed by atoms with E-state index in [-0.39, 0.29) is 12.7 Å². The summed E-state index contributed by atoms with van der Waals surface area (Å²) in [6.07, 6.45) is 4.82.